The van der Waals surface area contributed by atoms with Gasteiger partial charge in [-0.1, -0.05) is 54.1 Å². The standard InChI is InChI=1S/C22H19NO3S/c1-16-6-10-21(11-7-16)27(25,26)23-13-12-20(24)15-22(23)19-9-8-17-4-2-3-5-18(17)14-19/h2-14,22H,15H2,1H3/t22-/m1/s1. The fraction of sp³-hybridized carbons (Fsp3) is 0.136. The largest absolute Gasteiger partial charge is 0.295 e. The molecule has 3 aromatic rings. The topological polar surface area (TPSA) is 54.5 Å². The molecule has 1 heterocycles. The van der Waals surface area contributed by atoms with Crippen LogP contribution >= 0.6 is 0 Å². The van der Waals surface area contributed by atoms with E-state index in [9.17, 15) is 13.2 Å². The Bertz CT molecular complexity index is 1150. The van der Waals surface area contributed by atoms with Crippen molar-refractivity contribution in [3.63, 3.8) is 0 Å². The highest BCUT2D eigenvalue weighted by Gasteiger charge is 2.33. The smallest absolute Gasteiger partial charge is 0.264 e. The first-order chi connectivity index (χ1) is 12.9. The van der Waals surface area contributed by atoms with Crippen molar-refractivity contribution in [2.45, 2.75) is 24.3 Å². The van der Waals surface area contributed by atoms with Gasteiger partial charge in [0, 0.05) is 12.6 Å². The first-order valence-electron chi connectivity index (χ1n) is 8.75. The number of fused-ring (bicyclic) bond motifs is 1. The predicted octanol–water partition coefficient (Wildman–Crippen LogP) is 4.37. The zero-order chi connectivity index (χ0) is 19.0. The number of carbonyl (C=O) groups excluding carboxylic acids is 1. The Morgan fingerprint density at radius 1 is 0.926 bits per heavy atom. The molecule has 3 aromatic carbocycles. The number of sulfonamides is 1. The van der Waals surface area contributed by atoms with Crippen molar-refractivity contribution in [3.8, 4) is 0 Å². The summed E-state index contributed by atoms with van der Waals surface area (Å²) < 4.78 is 27.7. The summed E-state index contributed by atoms with van der Waals surface area (Å²) in [6, 6.07) is 19.9. The minimum Gasteiger partial charge on any atom is -0.295 e. The number of hydrogen-bond acceptors (Lipinski definition) is 3. The minimum absolute atomic E-state index is 0.0801. The lowest BCUT2D eigenvalue weighted by atomic mass is 9.97. The molecule has 0 spiro atoms. The number of benzene rings is 3. The normalized spacial score (nSPS) is 17.4. The van der Waals surface area contributed by atoms with E-state index in [2.05, 4.69) is 0 Å². The molecule has 27 heavy (non-hydrogen) atoms. The van der Waals surface area contributed by atoms with E-state index in [1.807, 2.05) is 49.4 Å². The van der Waals surface area contributed by atoms with E-state index in [0.29, 0.717) is 0 Å². The molecule has 4 nitrogen and oxygen atoms in total. The van der Waals surface area contributed by atoms with Crippen LogP contribution in [0.4, 0.5) is 0 Å². The van der Waals surface area contributed by atoms with Gasteiger partial charge in [0.1, 0.15) is 0 Å². The van der Waals surface area contributed by atoms with Crippen LogP contribution in [-0.2, 0) is 14.8 Å². The second-order valence-electron chi connectivity index (χ2n) is 6.76. The minimum atomic E-state index is -3.76. The van der Waals surface area contributed by atoms with Gasteiger partial charge in [-0.25, -0.2) is 8.42 Å². The highest BCUT2D eigenvalue weighted by atomic mass is 32.2. The van der Waals surface area contributed by atoms with Gasteiger partial charge in [0.2, 0.25) is 0 Å². The van der Waals surface area contributed by atoms with E-state index in [-0.39, 0.29) is 17.1 Å². The van der Waals surface area contributed by atoms with Crippen LogP contribution in [0.1, 0.15) is 23.6 Å². The molecule has 0 unspecified atom stereocenters. The third-order valence-electron chi connectivity index (χ3n) is 4.86. The van der Waals surface area contributed by atoms with Gasteiger partial charge in [-0.2, -0.15) is 0 Å². The lowest BCUT2D eigenvalue weighted by Crippen LogP contribution is -2.34. The summed E-state index contributed by atoms with van der Waals surface area (Å²) in [4.78, 5) is 12.3. The molecule has 0 bridgehead atoms. The van der Waals surface area contributed by atoms with E-state index >= 15 is 0 Å². The molecule has 4 rings (SSSR count). The Hall–Kier alpha value is -2.92. The Morgan fingerprint density at radius 2 is 1.63 bits per heavy atom. The molecule has 1 aliphatic heterocycles. The van der Waals surface area contributed by atoms with Crippen molar-refractivity contribution in [3.05, 3.63) is 90.1 Å². The Morgan fingerprint density at radius 3 is 2.37 bits per heavy atom. The summed E-state index contributed by atoms with van der Waals surface area (Å²) in [6.07, 6.45) is 2.85. The summed E-state index contributed by atoms with van der Waals surface area (Å²) in [5.41, 5.74) is 1.80. The summed E-state index contributed by atoms with van der Waals surface area (Å²) in [7, 11) is -3.76. The van der Waals surface area contributed by atoms with Crippen molar-refractivity contribution in [1.82, 2.24) is 4.31 Å². The van der Waals surface area contributed by atoms with Crippen LogP contribution < -0.4 is 0 Å². The maximum absolute atomic E-state index is 13.2. The second-order valence-corrected chi connectivity index (χ2v) is 8.60. The van der Waals surface area contributed by atoms with E-state index in [0.717, 1.165) is 21.9 Å². The average Bonchev–Trinajstić information content (AvgIpc) is 2.67. The molecule has 0 saturated heterocycles. The van der Waals surface area contributed by atoms with Gasteiger partial charge in [0.25, 0.3) is 10.0 Å². The van der Waals surface area contributed by atoms with E-state index in [1.54, 1.807) is 24.3 Å². The van der Waals surface area contributed by atoms with Crippen molar-refractivity contribution in [2.24, 2.45) is 0 Å². The van der Waals surface area contributed by atoms with Crippen LogP contribution in [0.2, 0.25) is 0 Å². The molecule has 136 valence electrons. The van der Waals surface area contributed by atoms with Crippen molar-refractivity contribution >= 4 is 26.6 Å². The van der Waals surface area contributed by atoms with Crippen LogP contribution in [0, 0.1) is 6.92 Å². The fourth-order valence-corrected chi connectivity index (χ4v) is 4.84. The van der Waals surface area contributed by atoms with Gasteiger partial charge in [0.05, 0.1) is 10.9 Å². The first-order valence-corrected chi connectivity index (χ1v) is 10.2. The maximum Gasteiger partial charge on any atom is 0.264 e. The highest BCUT2D eigenvalue weighted by Crippen LogP contribution is 2.35. The molecule has 0 fully saturated rings. The average molecular weight is 377 g/mol. The molecule has 1 aliphatic rings. The second kappa shape index (κ2) is 6.67. The van der Waals surface area contributed by atoms with Crippen LogP contribution in [0.5, 0.6) is 0 Å². The number of aryl methyl sites for hydroxylation is 1. The van der Waals surface area contributed by atoms with Crippen LogP contribution in [0.3, 0.4) is 0 Å². The number of carbonyl (C=O) groups is 1. The predicted molar refractivity (Wildman–Crippen MR) is 106 cm³/mol. The molecule has 0 saturated carbocycles. The number of ketones is 1. The molecule has 0 N–H and O–H groups in total. The van der Waals surface area contributed by atoms with Crippen LogP contribution in [-0.4, -0.2) is 18.5 Å². The first kappa shape index (κ1) is 17.5. The molecule has 5 heteroatoms. The van der Waals surface area contributed by atoms with Gasteiger partial charge in [-0.05, 0) is 47.5 Å². The lowest BCUT2D eigenvalue weighted by molar-refractivity contribution is -0.115. The molecular formula is C22H19NO3S. The zero-order valence-electron chi connectivity index (χ0n) is 14.9. The Balaban J connectivity index is 1.80. The van der Waals surface area contributed by atoms with E-state index in [4.69, 9.17) is 0 Å². The Labute approximate surface area is 158 Å². The maximum atomic E-state index is 13.2. The number of rotatable bonds is 3. The van der Waals surface area contributed by atoms with Crippen LogP contribution in [0.15, 0.2) is 83.9 Å². The molecule has 0 amide bonds. The lowest BCUT2D eigenvalue weighted by Gasteiger charge is -2.32. The fourth-order valence-electron chi connectivity index (χ4n) is 3.37. The summed E-state index contributed by atoms with van der Waals surface area (Å²) in [6.45, 7) is 1.91. The quantitative estimate of drug-likeness (QED) is 0.681. The van der Waals surface area contributed by atoms with E-state index < -0.39 is 16.1 Å². The number of hydrogen-bond donors (Lipinski definition) is 0. The summed E-state index contributed by atoms with van der Waals surface area (Å²) >= 11 is 0. The van der Waals surface area contributed by atoms with Crippen molar-refractivity contribution in [2.75, 3.05) is 0 Å². The van der Waals surface area contributed by atoms with Crippen molar-refractivity contribution in [1.29, 1.82) is 0 Å². The molecule has 0 aliphatic carbocycles. The molecule has 0 radical (unpaired) electrons. The van der Waals surface area contributed by atoms with Gasteiger partial charge < -0.3 is 0 Å². The number of nitrogens with zero attached hydrogens (tertiary/aromatic N) is 1. The SMILES string of the molecule is Cc1ccc(S(=O)(=O)N2C=CC(=O)C[C@@H]2c2ccc3ccccc3c2)cc1. The number of allylic oxidation sites excluding steroid dienone is 1. The zero-order valence-corrected chi connectivity index (χ0v) is 15.7. The van der Waals surface area contributed by atoms with Gasteiger partial charge >= 0.3 is 0 Å². The monoisotopic (exact) mass is 377 g/mol. The third-order valence-corrected chi connectivity index (χ3v) is 6.66. The van der Waals surface area contributed by atoms with Gasteiger partial charge in [0.15, 0.2) is 5.78 Å². The Kier molecular flexibility index (Phi) is 4.32. The summed E-state index contributed by atoms with van der Waals surface area (Å²) in [5.74, 6) is -0.0801. The van der Waals surface area contributed by atoms with Gasteiger partial charge in [-0.3, -0.25) is 9.10 Å². The van der Waals surface area contributed by atoms with Crippen molar-refractivity contribution < 1.29 is 13.2 Å². The van der Waals surface area contributed by atoms with Crippen LogP contribution in [0.25, 0.3) is 10.8 Å². The summed E-state index contributed by atoms with van der Waals surface area (Å²) in [5, 5.41) is 2.09. The highest BCUT2D eigenvalue weighted by molar-refractivity contribution is 7.89. The molecule has 1 atom stereocenters. The molecule has 0 aromatic heterocycles. The van der Waals surface area contributed by atoms with Gasteiger partial charge in [-0.15, -0.1) is 0 Å². The molecular weight excluding hydrogens is 358 g/mol. The third kappa shape index (κ3) is 3.26. The van der Waals surface area contributed by atoms with E-state index in [1.165, 1.54) is 16.6 Å².